The molecule has 0 unspecified atom stereocenters. The van der Waals surface area contributed by atoms with Crippen molar-refractivity contribution in [3.8, 4) is 0 Å². The standard InChI is InChI=1S/C21H26N2O6/c1-7-27-19(24)16-11(4)14(22-13(16)6)10-15-17(20(25)28-8-2)12(5)18(23-15)21(26)29-9-3/h10,22H,7-9H2,1-6H3. The summed E-state index contributed by atoms with van der Waals surface area (Å²) < 4.78 is 15.3. The maximum Gasteiger partial charge on any atom is 0.357 e. The molecule has 1 aliphatic heterocycles. The van der Waals surface area contributed by atoms with Crippen LogP contribution in [0.15, 0.2) is 21.8 Å². The molecule has 0 bridgehead atoms. The number of H-pyrrole nitrogens is 1. The Hall–Kier alpha value is -3.16. The number of aryl methyl sites for hydroxylation is 1. The molecule has 1 aromatic rings. The second-order valence-corrected chi connectivity index (χ2v) is 6.32. The Morgan fingerprint density at radius 2 is 1.45 bits per heavy atom. The number of hydrogen-bond acceptors (Lipinski definition) is 7. The summed E-state index contributed by atoms with van der Waals surface area (Å²) in [7, 11) is 0. The summed E-state index contributed by atoms with van der Waals surface area (Å²) in [6.45, 7) is 10.9. The third-order valence-electron chi connectivity index (χ3n) is 4.40. The lowest BCUT2D eigenvalue weighted by Crippen LogP contribution is -2.18. The zero-order valence-corrected chi connectivity index (χ0v) is 17.6. The summed E-state index contributed by atoms with van der Waals surface area (Å²) >= 11 is 0. The van der Waals surface area contributed by atoms with Gasteiger partial charge in [0, 0.05) is 11.4 Å². The van der Waals surface area contributed by atoms with Crippen LogP contribution >= 0.6 is 0 Å². The Morgan fingerprint density at radius 1 is 0.897 bits per heavy atom. The van der Waals surface area contributed by atoms with Crippen LogP contribution in [0.2, 0.25) is 0 Å². The minimum absolute atomic E-state index is 0.0627. The van der Waals surface area contributed by atoms with E-state index in [0.717, 1.165) is 0 Å². The van der Waals surface area contributed by atoms with Gasteiger partial charge in [0.15, 0.2) is 5.71 Å². The molecule has 0 atom stereocenters. The number of esters is 3. The predicted molar refractivity (Wildman–Crippen MR) is 108 cm³/mol. The number of aromatic nitrogens is 1. The van der Waals surface area contributed by atoms with E-state index in [0.29, 0.717) is 28.1 Å². The number of aromatic amines is 1. The van der Waals surface area contributed by atoms with E-state index >= 15 is 0 Å². The summed E-state index contributed by atoms with van der Waals surface area (Å²) in [6.07, 6.45) is 1.62. The highest BCUT2D eigenvalue weighted by Gasteiger charge is 2.32. The fourth-order valence-corrected chi connectivity index (χ4v) is 3.10. The first-order valence-corrected chi connectivity index (χ1v) is 9.49. The van der Waals surface area contributed by atoms with Gasteiger partial charge in [-0.3, -0.25) is 0 Å². The van der Waals surface area contributed by atoms with Gasteiger partial charge in [0.1, 0.15) is 0 Å². The summed E-state index contributed by atoms with van der Waals surface area (Å²) in [6, 6.07) is 0. The minimum atomic E-state index is -0.609. The maximum absolute atomic E-state index is 12.5. The third kappa shape index (κ3) is 4.47. The molecule has 156 valence electrons. The average molecular weight is 402 g/mol. The van der Waals surface area contributed by atoms with Gasteiger partial charge in [0.05, 0.1) is 36.7 Å². The quantitative estimate of drug-likeness (QED) is 0.555. The van der Waals surface area contributed by atoms with Crippen molar-refractivity contribution in [3.05, 3.63) is 39.4 Å². The lowest BCUT2D eigenvalue weighted by Gasteiger charge is -2.06. The molecule has 0 saturated carbocycles. The molecule has 8 heteroatoms. The Balaban J connectivity index is 2.57. The van der Waals surface area contributed by atoms with E-state index in [9.17, 15) is 14.4 Å². The van der Waals surface area contributed by atoms with Gasteiger partial charge in [-0.1, -0.05) is 0 Å². The lowest BCUT2D eigenvalue weighted by molar-refractivity contribution is -0.138. The first-order valence-electron chi connectivity index (χ1n) is 9.49. The zero-order chi connectivity index (χ0) is 21.7. The van der Waals surface area contributed by atoms with E-state index in [-0.39, 0.29) is 36.8 Å². The summed E-state index contributed by atoms with van der Waals surface area (Å²) in [5, 5.41) is 0. The minimum Gasteiger partial charge on any atom is -0.462 e. The highest BCUT2D eigenvalue weighted by molar-refractivity contribution is 6.45. The molecule has 0 aliphatic carbocycles. The molecule has 8 nitrogen and oxygen atoms in total. The fraction of sp³-hybridized carbons (Fsp3) is 0.429. The van der Waals surface area contributed by atoms with Gasteiger partial charge in [0.25, 0.3) is 0 Å². The van der Waals surface area contributed by atoms with Crippen molar-refractivity contribution in [2.75, 3.05) is 19.8 Å². The normalized spacial score (nSPS) is 14.8. The van der Waals surface area contributed by atoms with Gasteiger partial charge in [-0.25, -0.2) is 19.4 Å². The van der Waals surface area contributed by atoms with Gasteiger partial charge >= 0.3 is 17.9 Å². The van der Waals surface area contributed by atoms with Crippen molar-refractivity contribution < 1.29 is 28.6 Å². The van der Waals surface area contributed by atoms with E-state index in [1.807, 2.05) is 0 Å². The van der Waals surface area contributed by atoms with Gasteiger partial charge in [-0.2, -0.15) is 0 Å². The van der Waals surface area contributed by atoms with Crippen molar-refractivity contribution in [2.24, 2.45) is 4.99 Å². The van der Waals surface area contributed by atoms with Crippen molar-refractivity contribution in [1.82, 2.24) is 4.98 Å². The van der Waals surface area contributed by atoms with E-state index in [2.05, 4.69) is 9.98 Å². The molecule has 29 heavy (non-hydrogen) atoms. The number of ether oxygens (including phenoxy) is 3. The lowest BCUT2D eigenvalue weighted by atomic mass is 10.0. The second kappa shape index (κ2) is 9.36. The third-order valence-corrected chi connectivity index (χ3v) is 4.40. The van der Waals surface area contributed by atoms with Crippen molar-refractivity contribution in [2.45, 2.75) is 41.5 Å². The summed E-state index contributed by atoms with van der Waals surface area (Å²) in [4.78, 5) is 44.4. The molecule has 0 fully saturated rings. The van der Waals surface area contributed by atoms with Gasteiger partial charge in [0.2, 0.25) is 0 Å². The van der Waals surface area contributed by atoms with E-state index in [1.54, 1.807) is 47.6 Å². The predicted octanol–water partition coefficient (Wildman–Crippen LogP) is 3.05. The van der Waals surface area contributed by atoms with Crippen LogP contribution < -0.4 is 0 Å². The van der Waals surface area contributed by atoms with Crippen molar-refractivity contribution in [1.29, 1.82) is 0 Å². The molecule has 0 spiro atoms. The number of carbonyl (C=O) groups excluding carboxylic acids is 3. The van der Waals surface area contributed by atoms with Crippen LogP contribution in [0.4, 0.5) is 0 Å². The van der Waals surface area contributed by atoms with Crippen LogP contribution in [0, 0.1) is 13.8 Å². The number of aliphatic imine (C=N–C) groups is 1. The van der Waals surface area contributed by atoms with Crippen molar-refractivity contribution in [3.63, 3.8) is 0 Å². The highest BCUT2D eigenvalue weighted by atomic mass is 16.5. The van der Waals surface area contributed by atoms with Crippen LogP contribution in [0.5, 0.6) is 0 Å². The average Bonchev–Trinajstić information content (AvgIpc) is 3.12. The molecule has 2 rings (SSSR count). The number of carbonyl (C=O) groups is 3. The zero-order valence-electron chi connectivity index (χ0n) is 17.6. The molecule has 2 heterocycles. The molecule has 1 aromatic heterocycles. The van der Waals surface area contributed by atoms with Crippen LogP contribution in [0.3, 0.4) is 0 Å². The molecule has 0 amide bonds. The maximum atomic E-state index is 12.5. The van der Waals surface area contributed by atoms with Crippen LogP contribution in [-0.2, 0) is 23.8 Å². The molecule has 1 N–H and O–H groups in total. The smallest absolute Gasteiger partial charge is 0.357 e. The summed E-state index contributed by atoms with van der Waals surface area (Å²) in [5.74, 6) is -1.62. The van der Waals surface area contributed by atoms with E-state index in [4.69, 9.17) is 14.2 Å². The topological polar surface area (TPSA) is 107 Å². The largest absolute Gasteiger partial charge is 0.462 e. The highest BCUT2D eigenvalue weighted by Crippen LogP contribution is 2.30. The molecule has 0 saturated heterocycles. The SMILES string of the molecule is CCOC(=O)C1=NC(=Cc2[nH]c(C)c(C(=O)OCC)c2C)C(C(=O)OCC)=C1C. The van der Waals surface area contributed by atoms with Crippen LogP contribution in [0.1, 0.15) is 55.0 Å². The number of hydrogen-bond donors (Lipinski definition) is 1. The number of nitrogens with zero attached hydrogens (tertiary/aromatic N) is 1. The number of nitrogens with one attached hydrogen (secondary N) is 1. The first-order chi connectivity index (χ1) is 13.8. The van der Waals surface area contributed by atoms with E-state index in [1.165, 1.54) is 0 Å². The molecular weight excluding hydrogens is 376 g/mol. The second-order valence-electron chi connectivity index (χ2n) is 6.32. The fourth-order valence-electron chi connectivity index (χ4n) is 3.10. The van der Waals surface area contributed by atoms with E-state index < -0.39 is 17.9 Å². The molecular formula is C21H26N2O6. The molecule has 0 radical (unpaired) electrons. The van der Waals surface area contributed by atoms with Crippen molar-refractivity contribution >= 4 is 29.7 Å². The Kier molecular flexibility index (Phi) is 7.14. The molecule has 0 aromatic carbocycles. The first kappa shape index (κ1) is 22.1. The number of rotatable bonds is 7. The Bertz CT molecular complexity index is 933. The van der Waals surface area contributed by atoms with Crippen LogP contribution in [-0.4, -0.2) is 48.4 Å². The van der Waals surface area contributed by atoms with Crippen LogP contribution in [0.25, 0.3) is 6.08 Å². The van der Waals surface area contributed by atoms with Gasteiger partial charge < -0.3 is 19.2 Å². The monoisotopic (exact) mass is 402 g/mol. The van der Waals surface area contributed by atoms with Gasteiger partial charge in [-0.15, -0.1) is 0 Å². The Morgan fingerprint density at radius 3 is 2.03 bits per heavy atom. The molecule has 1 aliphatic rings. The summed E-state index contributed by atoms with van der Waals surface area (Å²) in [5.41, 5.74) is 3.23. The van der Waals surface area contributed by atoms with Gasteiger partial charge in [-0.05, 0) is 58.8 Å². The Labute approximate surface area is 169 Å².